The molecule has 0 aliphatic carbocycles. The van der Waals surface area contributed by atoms with Crippen LogP contribution < -0.4 is 10.6 Å². The molecule has 0 aliphatic rings. The summed E-state index contributed by atoms with van der Waals surface area (Å²) in [5.74, 6) is -5.24. The summed E-state index contributed by atoms with van der Waals surface area (Å²) >= 11 is 0. The van der Waals surface area contributed by atoms with Crippen LogP contribution in [0.3, 0.4) is 0 Å². The molecule has 2 atom stereocenters. The lowest BCUT2D eigenvalue weighted by atomic mass is 9.92. The molecule has 1 aromatic carbocycles. The van der Waals surface area contributed by atoms with Crippen molar-refractivity contribution in [2.75, 3.05) is 18.5 Å². The average Bonchev–Trinajstić information content (AvgIpc) is 2.65. The highest BCUT2D eigenvalue weighted by atomic mass is 19.4. The van der Waals surface area contributed by atoms with Gasteiger partial charge in [-0.25, -0.2) is 9.59 Å². The van der Waals surface area contributed by atoms with Crippen molar-refractivity contribution in [3.05, 3.63) is 29.8 Å². The molecule has 180 valence electrons. The van der Waals surface area contributed by atoms with Gasteiger partial charge in [0.25, 0.3) is 5.60 Å². The molecule has 0 fully saturated rings. The number of alkyl halides is 6. The lowest BCUT2D eigenvalue weighted by molar-refractivity contribution is -0.267. The van der Waals surface area contributed by atoms with Crippen LogP contribution in [0.25, 0.3) is 0 Å². The average molecular weight is 474 g/mol. The fourth-order valence-corrected chi connectivity index (χ4v) is 2.54. The molecule has 32 heavy (non-hydrogen) atoms. The highest BCUT2D eigenvalue weighted by Gasteiger charge is 2.64. The van der Waals surface area contributed by atoms with Gasteiger partial charge in [-0.05, 0) is 26.0 Å². The third-order valence-electron chi connectivity index (χ3n) is 3.99. The van der Waals surface area contributed by atoms with Crippen molar-refractivity contribution in [2.45, 2.75) is 44.4 Å². The lowest BCUT2D eigenvalue weighted by Gasteiger charge is -2.35. The van der Waals surface area contributed by atoms with E-state index in [1.165, 1.54) is 19.2 Å². The summed E-state index contributed by atoms with van der Waals surface area (Å²) in [6.07, 6.45) is -11.0. The Bertz CT molecular complexity index is 842. The van der Waals surface area contributed by atoms with Gasteiger partial charge in [0.2, 0.25) is 5.91 Å². The maximum atomic E-state index is 13.8. The predicted molar refractivity (Wildman–Crippen MR) is 95.9 cm³/mol. The van der Waals surface area contributed by atoms with Gasteiger partial charge in [-0.1, -0.05) is 12.1 Å². The summed E-state index contributed by atoms with van der Waals surface area (Å²) < 4.78 is 90.2. The van der Waals surface area contributed by atoms with Crippen molar-refractivity contribution in [3.8, 4) is 0 Å². The molecule has 0 bridgehead atoms. The molecule has 1 aromatic rings. The van der Waals surface area contributed by atoms with E-state index in [1.807, 2.05) is 0 Å². The van der Waals surface area contributed by atoms with Crippen LogP contribution in [0.2, 0.25) is 0 Å². The van der Waals surface area contributed by atoms with Gasteiger partial charge in [-0.2, -0.15) is 26.3 Å². The van der Waals surface area contributed by atoms with Gasteiger partial charge in [0.05, 0.1) is 13.2 Å². The molecule has 8 nitrogen and oxygen atoms in total. The first-order valence-corrected chi connectivity index (χ1v) is 8.94. The molecule has 1 amide bonds. The third kappa shape index (κ3) is 5.23. The Balaban J connectivity index is 3.49. The predicted octanol–water partition coefficient (Wildman–Crippen LogP) is 2.37. The summed E-state index contributed by atoms with van der Waals surface area (Å²) in [5, 5.41) is 13.1. The van der Waals surface area contributed by atoms with Gasteiger partial charge < -0.3 is 25.2 Å². The molecule has 1 rings (SSSR count). The number of aliphatic hydroxyl groups is 1. The second-order valence-corrected chi connectivity index (χ2v) is 6.28. The van der Waals surface area contributed by atoms with E-state index in [1.54, 1.807) is 5.32 Å². The molecule has 0 aliphatic heterocycles. The highest BCUT2D eigenvalue weighted by molar-refractivity contribution is 5.90. The Kier molecular flexibility index (Phi) is 8.12. The molecular formula is C18H20F6N2O6. The van der Waals surface area contributed by atoms with Gasteiger partial charge >= 0.3 is 30.0 Å². The fraction of sp³-hybridized carbons (Fsp3) is 0.500. The molecule has 0 aromatic heterocycles. The molecular weight excluding hydrogens is 454 g/mol. The maximum Gasteiger partial charge on any atom is 0.441 e. The van der Waals surface area contributed by atoms with Crippen molar-refractivity contribution in [3.63, 3.8) is 0 Å². The third-order valence-corrected chi connectivity index (χ3v) is 3.99. The summed E-state index contributed by atoms with van der Waals surface area (Å²) in [4.78, 5) is 35.2. The number of carbonyl (C=O) groups excluding carboxylic acids is 3. The van der Waals surface area contributed by atoms with Crippen LogP contribution in [0, 0.1) is 0 Å². The van der Waals surface area contributed by atoms with E-state index in [-0.39, 0.29) is 0 Å². The van der Waals surface area contributed by atoms with Gasteiger partial charge in [-0.15, -0.1) is 0 Å². The number of hydrogen-bond donors (Lipinski definition) is 3. The van der Waals surface area contributed by atoms with Crippen molar-refractivity contribution in [1.29, 1.82) is 0 Å². The minimum atomic E-state index is -5.52. The van der Waals surface area contributed by atoms with Crippen molar-refractivity contribution >= 4 is 23.5 Å². The van der Waals surface area contributed by atoms with Crippen LogP contribution in [0.4, 0.5) is 32.0 Å². The number of carbonyl (C=O) groups is 3. The number of halogens is 6. The van der Waals surface area contributed by atoms with Gasteiger partial charge in [-0.3, -0.25) is 4.79 Å². The molecule has 0 radical (unpaired) electrons. The number of rotatable bonds is 8. The molecule has 3 N–H and O–H groups in total. The Morgan fingerprint density at radius 1 is 0.875 bits per heavy atom. The zero-order valence-electron chi connectivity index (χ0n) is 17.0. The number of nitrogens with one attached hydrogen (secondary N) is 2. The fourth-order valence-electron chi connectivity index (χ4n) is 2.54. The number of amides is 1. The van der Waals surface area contributed by atoms with Crippen LogP contribution in [-0.2, 0) is 29.5 Å². The monoisotopic (exact) mass is 474 g/mol. The van der Waals surface area contributed by atoms with E-state index >= 15 is 0 Å². The van der Waals surface area contributed by atoms with Crippen LogP contribution in [0.5, 0.6) is 0 Å². The van der Waals surface area contributed by atoms with E-state index < -0.39 is 65.9 Å². The van der Waals surface area contributed by atoms with E-state index in [2.05, 4.69) is 9.47 Å². The van der Waals surface area contributed by atoms with Crippen molar-refractivity contribution in [1.82, 2.24) is 5.32 Å². The molecule has 0 unspecified atom stereocenters. The van der Waals surface area contributed by atoms with Crippen LogP contribution in [-0.4, -0.2) is 54.2 Å². The summed E-state index contributed by atoms with van der Waals surface area (Å²) in [6, 6.07) is 2.28. The van der Waals surface area contributed by atoms with Crippen molar-refractivity contribution in [2.24, 2.45) is 0 Å². The first kappa shape index (κ1) is 27.0. The number of anilines is 1. The van der Waals surface area contributed by atoms with Gasteiger partial charge in [0.15, 0.2) is 0 Å². The summed E-state index contributed by atoms with van der Waals surface area (Å²) in [6.45, 7) is 2.16. The Hall–Kier alpha value is -3.03. The Morgan fingerprint density at radius 3 is 1.72 bits per heavy atom. The Labute approximate surface area is 177 Å². The number of benzene rings is 1. The van der Waals surface area contributed by atoms with Crippen LogP contribution in [0.15, 0.2) is 24.3 Å². The lowest BCUT2D eigenvalue weighted by Crippen LogP contribution is -2.69. The largest absolute Gasteiger partial charge is 0.463 e. The SMILES string of the molecule is CCOC(=O)[C@](NC(C)=O)(Nc1ccc([C@](O)(C(=O)OCC)C(F)(F)F)cc1)C(F)(F)F. The second kappa shape index (κ2) is 9.63. The summed E-state index contributed by atoms with van der Waals surface area (Å²) in [7, 11) is 0. The molecule has 0 spiro atoms. The number of esters is 2. The number of hydrogen-bond acceptors (Lipinski definition) is 7. The first-order chi connectivity index (χ1) is 14.6. The van der Waals surface area contributed by atoms with Crippen LogP contribution >= 0.6 is 0 Å². The molecule has 0 saturated heterocycles. The zero-order valence-corrected chi connectivity index (χ0v) is 17.0. The second-order valence-electron chi connectivity index (χ2n) is 6.28. The number of ether oxygens (including phenoxy) is 2. The maximum absolute atomic E-state index is 13.8. The van der Waals surface area contributed by atoms with Crippen LogP contribution in [0.1, 0.15) is 26.3 Å². The zero-order chi connectivity index (χ0) is 25.0. The standard InChI is InChI=1S/C18H20F6N2O6/c1-4-31-13(28)15(30,17(19,20)21)11-6-8-12(9-7-11)26-16(18(22,23)24,25-10(3)27)14(29)32-5-2/h6-9,26,30H,4-5H2,1-3H3,(H,25,27)/t15-,16-/m0/s1. The van der Waals surface area contributed by atoms with Crippen molar-refractivity contribution < 1.29 is 55.3 Å². The van der Waals surface area contributed by atoms with Gasteiger partial charge in [0.1, 0.15) is 0 Å². The topological polar surface area (TPSA) is 114 Å². The van der Waals surface area contributed by atoms with Gasteiger partial charge in [0, 0.05) is 18.2 Å². The Morgan fingerprint density at radius 2 is 1.34 bits per heavy atom. The molecule has 0 saturated carbocycles. The van der Waals surface area contributed by atoms with E-state index in [9.17, 15) is 45.8 Å². The highest BCUT2D eigenvalue weighted by Crippen LogP contribution is 2.41. The quantitative estimate of drug-likeness (QED) is 0.301. The minimum Gasteiger partial charge on any atom is -0.463 e. The minimum absolute atomic E-state index is 0.477. The van der Waals surface area contributed by atoms with E-state index in [0.717, 1.165) is 0 Å². The van der Waals surface area contributed by atoms with E-state index in [0.29, 0.717) is 31.2 Å². The normalized spacial score (nSPS) is 15.7. The van der Waals surface area contributed by atoms with E-state index in [4.69, 9.17) is 0 Å². The smallest absolute Gasteiger partial charge is 0.441 e. The molecule has 0 heterocycles. The summed E-state index contributed by atoms with van der Waals surface area (Å²) in [5.41, 5.74) is -9.51. The first-order valence-electron chi connectivity index (χ1n) is 8.94. The molecule has 14 heteroatoms.